The van der Waals surface area contributed by atoms with E-state index in [1.54, 1.807) is 31.4 Å². The number of hydrogen-bond donors (Lipinski definition) is 0. The second-order valence-electron chi connectivity index (χ2n) is 8.75. The molecule has 0 radical (unpaired) electrons. The third-order valence-corrected chi connectivity index (χ3v) is 6.89. The molecule has 4 aromatic rings. The van der Waals surface area contributed by atoms with Crippen LogP contribution in [0.4, 0.5) is 11.4 Å². The third kappa shape index (κ3) is 3.24. The highest BCUT2D eigenvalue weighted by Crippen LogP contribution is 2.51. The van der Waals surface area contributed by atoms with E-state index < -0.39 is 18.1 Å². The van der Waals surface area contributed by atoms with Crippen LogP contribution in [0, 0.1) is 5.92 Å². The molecule has 6 rings (SSSR count). The Bertz CT molecular complexity index is 1470. The van der Waals surface area contributed by atoms with Crippen molar-refractivity contribution >= 4 is 34.0 Å². The number of amides is 2. The molecule has 36 heavy (non-hydrogen) atoms. The number of anilines is 2. The van der Waals surface area contributed by atoms with E-state index in [0.717, 1.165) is 16.5 Å². The summed E-state index contributed by atoms with van der Waals surface area (Å²) >= 11 is 0. The van der Waals surface area contributed by atoms with Crippen molar-refractivity contribution in [1.82, 2.24) is 0 Å². The molecule has 2 aliphatic heterocycles. The van der Waals surface area contributed by atoms with Gasteiger partial charge < -0.3 is 9.47 Å². The fourth-order valence-corrected chi connectivity index (χ4v) is 5.31. The van der Waals surface area contributed by atoms with Gasteiger partial charge in [-0.1, -0.05) is 66.7 Å². The SMILES string of the molecule is COc1cccc(C2C3C(=O)N(c4cccc5ccccc45)C(=O)C3ON2c2ccccc2)c1OC. The van der Waals surface area contributed by atoms with Crippen LogP contribution >= 0.6 is 0 Å². The monoisotopic (exact) mass is 480 g/mol. The molecule has 2 amide bonds. The molecule has 0 spiro atoms. The molecule has 0 N–H and O–H groups in total. The molecule has 2 fully saturated rings. The van der Waals surface area contributed by atoms with Crippen molar-refractivity contribution in [3.8, 4) is 11.5 Å². The van der Waals surface area contributed by atoms with Crippen LogP contribution in [0.2, 0.25) is 0 Å². The van der Waals surface area contributed by atoms with E-state index in [-0.39, 0.29) is 11.8 Å². The Balaban J connectivity index is 1.50. The number of rotatable bonds is 5. The summed E-state index contributed by atoms with van der Waals surface area (Å²) < 4.78 is 11.3. The standard InChI is InChI=1S/C29H24N2O5/c1-34-23-17-9-15-21(26(23)35-2)25-24-27(36-31(25)19-12-4-3-5-13-19)29(33)30(28(24)32)22-16-8-11-18-10-6-7-14-20(18)22/h3-17,24-25,27H,1-2H3. The normalized spacial score (nSPS) is 21.2. The topological polar surface area (TPSA) is 68.3 Å². The van der Waals surface area contributed by atoms with Crippen molar-refractivity contribution in [2.24, 2.45) is 5.92 Å². The Hall–Kier alpha value is -4.36. The fourth-order valence-electron chi connectivity index (χ4n) is 5.31. The number of nitrogens with zero attached hydrogens (tertiary/aromatic N) is 2. The summed E-state index contributed by atoms with van der Waals surface area (Å²) in [4.78, 5) is 35.4. The quantitative estimate of drug-likeness (QED) is 0.378. The lowest BCUT2D eigenvalue weighted by Crippen LogP contribution is -2.37. The molecule has 2 heterocycles. The highest BCUT2D eigenvalue weighted by molar-refractivity contribution is 6.26. The summed E-state index contributed by atoms with van der Waals surface area (Å²) in [7, 11) is 3.13. The first-order valence-corrected chi connectivity index (χ1v) is 11.7. The van der Waals surface area contributed by atoms with E-state index in [2.05, 4.69) is 0 Å². The molecule has 0 aliphatic carbocycles. The number of ether oxygens (including phenoxy) is 2. The van der Waals surface area contributed by atoms with Gasteiger partial charge in [-0.2, -0.15) is 0 Å². The van der Waals surface area contributed by atoms with E-state index in [0.29, 0.717) is 22.7 Å². The minimum absolute atomic E-state index is 0.311. The van der Waals surface area contributed by atoms with E-state index in [4.69, 9.17) is 14.3 Å². The molecule has 0 bridgehead atoms. The Labute approximate surface area is 208 Å². The van der Waals surface area contributed by atoms with Gasteiger partial charge in [0.15, 0.2) is 17.6 Å². The number of benzene rings is 4. The molecule has 2 saturated heterocycles. The van der Waals surface area contributed by atoms with Gasteiger partial charge in [-0.05, 0) is 29.7 Å². The summed E-state index contributed by atoms with van der Waals surface area (Å²) in [6.45, 7) is 0. The maximum Gasteiger partial charge on any atom is 0.266 e. The summed E-state index contributed by atoms with van der Waals surface area (Å²) in [6.07, 6.45) is -0.974. The van der Waals surface area contributed by atoms with Crippen LogP contribution in [0.1, 0.15) is 11.6 Å². The second-order valence-corrected chi connectivity index (χ2v) is 8.75. The first-order chi connectivity index (χ1) is 17.6. The molecule has 2 aliphatic rings. The molecule has 180 valence electrons. The van der Waals surface area contributed by atoms with Crippen LogP contribution < -0.4 is 19.4 Å². The Morgan fingerprint density at radius 2 is 1.47 bits per heavy atom. The number of hydroxylamine groups is 1. The van der Waals surface area contributed by atoms with Gasteiger partial charge in [0.05, 0.1) is 25.6 Å². The Morgan fingerprint density at radius 3 is 2.25 bits per heavy atom. The van der Waals surface area contributed by atoms with Crippen molar-refractivity contribution in [2.45, 2.75) is 12.1 Å². The smallest absolute Gasteiger partial charge is 0.266 e. The van der Waals surface area contributed by atoms with Crippen molar-refractivity contribution in [1.29, 1.82) is 0 Å². The Kier molecular flexibility index (Phi) is 5.34. The minimum atomic E-state index is -0.974. The maximum atomic E-state index is 14.1. The number of para-hydroxylation sites is 2. The van der Waals surface area contributed by atoms with E-state index in [1.807, 2.05) is 78.9 Å². The second kappa shape index (κ2) is 8.70. The molecule has 0 aromatic heterocycles. The van der Waals surface area contributed by atoms with Gasteiger partial charge in [-0.15, -0.1) is 0 Å². The predicted molar refractivity (Wildman–Crippen MR) is 136 cm³/mol. The zero-order valence-electron chi connectivity index (χ0n) is 19.8. The number of carbonyl (C=O) groups is 2. The van der Waals surface area contributed by atoms with Gasteiger partial charge in [-0.3, -0.25) is 14.4 Å². The molecular weight excluding hydrogens is 456 g/mol. The molecule has 0 saturated carbocycles. The first kappa shape index (κ1) is 22.1. The van der Waals surface area contributed by atoms with E-state index >= 15 is 0 Å². The lowest BCUT2D eigenvalue weighted by atomic mass is 9.89. The van der Waals surface area contributed by atoms with Gasteiger partial charge >= 0.3 is 0 Å². The van der Waals surface area contributed by atoms with Crippen LogP contribution in [0.25, 0.3) is 10.8 Å². The molecular formula is C29H24N2O5. The third-order valence-electron chi connectivity index (χ3n) is 6.89. The molecule has 3 atom stereocenters. The molecule has 7 heteroatoms. The van der Waals surface area contributed by atoms with Gasteiger partial charge in [0.2, 0.25) is 5.91 Å². The summed E-state index contributed by atoms with van der Waals surface area (Å²) in [5.74, 6) is -0.438. The van der Waals surface area contributed by atoms with Crippen LogP contribution in [0.3, 0.4) is 0 Å². The van der Waals surface area contributed by atoms with Crippen molar-refractivity contribution in [2.75, 3.05) is 24.2 Å². The number of fused-ring (bicyclic) bond motifs is 2. The number of imide groups is 1. The highest BCUT2D eigenvalue weighted by Gasteiger charge is 2.61. The van der Waals surface area contributed by atoms with Crippen molar-refractivity contribution < 1.29 is 23.9 Å². The van der Waals surface area contributed by atoms with Gasteiger partial charge in [0.1, 0.15) is 12.0 Å². The van der Waals surface area contributed by atoms with Gasteiger partial charge in [-0.25, -0.2) is 9.96 Å². The predicted octanol–water partition coefficient (Wildman–Crippen LogP) is 4.91. The number of carbonyl (C=O) groups excluding carboxylic acids is 2. The van der Waals surface area contributed by atoms with E-state index in [9.17, 15) is 9.59 Å². The Morgan fingerprint density at radius 1 is 0.750 bits per heavy atom. The maximum absolute atomic E-state index is 14.1. The number of methoxy groups -OCH3 is 2. The summed E-state index contributed by atoms with van der Waals surface area (Å²) in [6, 6.07) is 27.7. The zero-order chi connectivity index (χ0) is 24.8. The first-order valence-electron chi connectivity index (χ1n) is 11.7. The van der Waals surface area contributed by atoms with E-state index in [1.165, 1.54) is 4.90 Å². The summed E-state index contributed by atoms with van der Waals surface area (Å²) in [5, 5.41) is 3.44. The van der Waals surface area contributed by atoms with Crippen LogP contribution in [-0.2, 0) is 14.4 Å². The van der Waals surface area contributed by atoms with Crippen molar-refractivity contribution in [3.05, 3.63) is 96.6 Å². The number of hydrogen-bond acceptors (Lipinski definition) is 6. The zero-order valence-corrected chi connectivity index (χ0v) is 19.8. The molecule has 4 aromatic carbocycles. The van der Waals surface area contributed by atoms with Crippen LogP contribution in [0.15, 0.2) is 91.0 Å². The van der Waals surface area contributed by atoms with Gasteiger partial charge in [0.25, 0.3) is 5.91 Å². The minimum Gasteiger partial charge on any atom is -0.493 e. The van der Waals surface area contributed by atoms with Crippen molar-refractivity contribution in [3.63, 3.8) is 0 Å². The molecule has 3 unspecified atom stereocenters. The average Bonchev–Trinajstić information content (AvgIpc) is 3.43. The lowest BCUT2D eigenvalue weighted by Gasteiger charge is -2.30. The molecule has 7 nitrogen and oxygen atoms in total. The van der Waals surface area contributed by atoms with Gasteiger partial charge in [0, 0.05) is 10.9 Å². The van der Waals surface area contributed by atoms with Crippen LogP contribution in [0.5, 0.6) is 11.5 Å². The lowest BCUT2D eigenvalue weighted by molar-refractivity contribution is -0.126. The van der Waals surface area contributed by atoms with Crippen LogP contribution in [-0.4, -0.2) is 32.1 Å². The average molecular weight is 481 g/mol. The largest absolute Gasteiger partial charge is 0.493 e. The highest BCUT2D eigenvalue weighted by atomic mass is 16.7. The summed E-state index contributed by atoms with van der Waals surface area (Å²) in [5.41, 5.74) is 2.00. The fraction of sp³-hybridized carbons (Fsp3) is 0.172.